The van der Waals surface area contributed by atoms with Crippen LogP contribution in [0.3, 0.4) is 0 Å². The zero-order valence-corrected chi connectivity index (χ0v) is 13.4. The number of hydrogen-bond donors (Lipinski definition) is 1. The van der Waals surface area contributed by atoms with E-state index in [9.17, 15) is 0 Å². The van der Waals surface area contributed by atoms with Crippen molar-refractivity contribution in [2.75, 3.05) is 57.4 Å². The molecule has 0 atom stereocenters. The zero-order chi connectivity index (χ0) is 13.6. The third kappa shape index (κ3) is 5.25. The summed E-state index contributed by atoms with van der Waals surface area (Å²) in [5.41, 5.74) is 0.454. The summed E-state index contributed by atoms with van der Waals surface area (Å²) in [6.07, 6.45) is 2.45. The van der Waals surface area contributed by atoms with Gasteiger partial charge in [0.1, 0.15) is 0 Å². The van der Waals surface area contributed by atoms with E-state index in [0.29, 0.717) is 5.41 Å². The van der Waals surface area contributed by atoms with Crippen molar-refractivity contribution in [1.29, 1.82) is 0 Å². The summed E-state index contributed by atoms with van der Waals surface area (Å²) in [4.78, 5) is 2.68. The van der Waals surface area contributed by atoms with Gasteiger partial charge in [0.05, 0.1) is 0 Å². The smallest absolute Gasteiger partial charge is 0.0472 e. The summed E-state index contributed by atoms with van der Waals surface area (Å²) in [6, 6.07) is 0. The maximum atomic E-state index is 5.59. The normalized spacial score (nSPS) is 24.8. The third-order valence-corrected chi connectivity index (χ3v) is 5.21. The Kier molecular flexibility index (Phi) is 6.46. The number of rotatable bonds is 6. The van der Waals surface area contributed by atoms with Gasteiger partial charge in [0.2, 0.25) is 0 Å². The van der Waals surface area contributed by atoms with Gasteiger partial charge < -0.3 is 15.0 Å². The predicted octanol–water partition coefficient (Wildman–Crippen LogP) is 2.08. The summed E-state index contributed by atoms with van der Waals surface area (Å²) >= 11 is 2.10. The second-order valence-corrected chi connectivity index (χ2v) is 7.75. The van der Waals surface area contributed by atoms with Gasteiger partial charge in [-0.15, -0.1) is 0 Å². The molecule has 1 N–H and O–H groups in total. The van der Waals surface area contributed by atoms with E-state index in [1.807, 2.05) is 0 Å². The van der Waals surface area contributed by atoms with Crippen LogP contribution in [0.25, 0.3) is 0 Å². The van der Waals surface area contributed by atoms with Crippen molar-refractivity contribution in [1.82, 2.24) is 10.2 Å². The van der Waals surface area contributed by atoms with Crippen LogP contribution in [0.5, 0.6) is 0 Å². The first kappa shape index (κ1) is 15.6. The molecule has 2 rings (SSSR count). The molecule has 0 bridgehead atoms. The van der Waals surface area contributed by atoms with Gasteiger partial charge in [-0.3, -0.25) is 0 Å². The molecule has 0 amide bonds. The fourth-order valence-corrected chi connectivity index (χ4v) is 4.03. The fourth-order valence-electron chi connectivity index (χ4n) is 3.05. The molecule has 3 nitrogen and oxygen atoms in total. The van der Waals surface area contributed by atoms with Gasteiger partial charge in [-0.05, 0) is 30.7 Å². The van der Waals surface area contributed by atoms with Crippen molar-refractivity contribution in [3.63, 3.8) is 0 Å². The maximum absolute atomic E-state index is 5.59. The number of ether oxygens (including phenoxy) is 1. The van der Waals surface area contributed by atoms with Crippen LogP contribution in [0.1, 0.15) is 26.7 Å². The molecule has 0 aromatic carbocycles. The number of nitrogens with one attached hydrogen (secondary N) is 1. The van der Waals surface area contributed by atoms with E-state index < -0.39 is 0 Å². The van der Waals surface area contributed by atoms with E-state index in [0.717, 1.165) is 32.2 Å². The molecule has 2 heterocycles. The van der Waals surface area contributed by atoms with Crippen molar-refractivity contribution in [3.05, 3.63) is 0 Å². The van der Waals surface area contributed by atoms with E-state index in [2.05, 4.69) is 35.8 Å². The van der Waals surface area contributed by atoms with Crippen molar-refractivity contribution in [3.8, 4) is 0 Å². The van der Waals surface area contributed by atoms with E-state index in [1.54, 1.807) is 0 Å². The lowest BCUT2D eigenvalue weighted by molar-refractivity contribution is -0.00315. The van der Waals surface area contributed by atoms with E-state index in [4.69, 9.17) is 4.74 Å². The summed E-state index contributed by atoms with van der Waals surface area (Å²) in [6.45, 7) is 12.6. The first-order chi connectivity index (χ1) is 9.20. The van der Waals surface area contributed by atoms with E-state index in [-0.39, 0.29) is 0 Å². The number of thioether (sulfide) groups is 1. The number of hydrogen-bond acceptors (Lipinski definition) is 4. The first-order valence-corrected chi connectivity index (χ1v) is 8.94. The molecule has 0 saturated carbocycles. The molecule has 112 valence electrons. The van der Waals surface area contributed by atoms with Gasteiger partial charge in [-0.25, -0.2) is 0 Å². The van der Waals surface area contributed by atoms with E-state index >= 15 is 0 Å². The Hall–Kier alpha value is 0.230. The molecule has 0 aliphatic carbocycles. The Morgan fingerprint density at radius 1 is 1.21 bits per heavy atom. The van der Waals surface area contributed by atoms with Gasteiger partial charge >= 0.3 is 0 Å². The van der Waals surface area contributed by atoms with Crippen molar-refractivity contribution in [2.24, 2.45) is 11.3 Å². The Morgan fingerprint density at radius 3 is 2.53 bits per heavy atom. The Balaban J connectivity index is 1.85. The lowest BCUT2D eigenvalue weighted by Gasteiger charge is -2.42. The molecule has 0 radical (unpaired) electrons. The first-order valence-electron chi connectivity index (χ1n) is 7.79. The minimum atomic E-state index is 0.454. The minimum absolute atomic E-state index is 0.454. The highest BCUT2D eigenvalue weighted by Gasteiger charge is 2.34. The average molecular weight is 286 g/mol. The van der Waals surface area contributed by atoms with Gasteiger partial charge in [-0.1, -0.05) is 13.8 Å². The highest BCUT2D eigenvalue weighted by atomic mass is 32.2. The molecule has 2 aliphatic rings. The zero-order valence-electron chi connectivity index (χ0n) is 12.6. The molecule has 2 fully saturated rings. The molecule has 4 heteroatoms. The average Bonchev–Trinajstić information content (AvgIpc) is 2.40. The largest absolute Gasteiger partial charge is 0.381 e. The second kappa shape index (κ2) is 7.87. The topological polar surface area (TPSA) is 24.5 Å². The van der Waals surface area contributed by atoms with Crippen LogP contribution < -0.4 is 5.32 Å². The third-order valence-electron chi connectivity index (χ3n) is 4.27. The molecule has 2 saturated heterocycles. The van der Waals surface area contributed by atoms with Crippen LogP contribution in [-0.2, 0) is 4.74 Å². The molecule has 0 unspecified atom stereocenters. The predicted molar refractivity (Wildman–Crippen MR) is 84.0 cm³/mol. The molecular weight excluding hydrogens is 256 g/mol. The van der Waals surface area contributed by atoms with Crippen LogP contribution >= 0.6 is 11.8 Å². The summed E-state index contributed by atoms with van der Waals surface area (Å²) in [5, 5.41) is 3.70. The number of nitrogens with zero attached hydrogens (tertiary/aromatic N) is 1. The molecule has 19 heavy (non-hydrogen) atoms. The summed E-state index contributed by atoms with van der Waals surface area (Å²) in [5.74, 6) is 3.36. The van der Waals surface area contributed by atoms with Crippen LogP contribution in [-0.4, -0.2) is 62.3 Å². The van der Waals surface area contributed by atoms with Crippen LogP contribution in [0, 0.1) is 11.3 Å². The molecule has 0 aromatic heterocycles. The minimum Gasteiger partial charge on any atom is -0.381 e. The van der Waals surface area contributed by atoms with E-state index in [1.165, 1.54) is 44.0 Å². The van der Waals surface area contributed by atoms with Crippen molar-refractivity contribution in [2.45, 2.75) is 26.7 Å². The SMILES string of the molecule is CC(C)CNCC1(CN2CCSCC2)CCOCC1. The van der Waals surface area contributed by atoms with Gasteiger partial charge in [0.15, 0.2) is 0 Å². The fraction of sp³-hybridized carbons (Fsp3) is 1.00. The summed E-state index contributed by atoms with van der Waals surface area (Å²) in [7, 11) is 0. The molecular formula is C15H30N2OS. The van der Waals surface area contributed by atoms with Crippen LogP contribution in [0.4, 0.5) is 0 Å². The van der Waals surface area contributed by atoms with Gasteiger partial charge in [0, 0.05) is 50.9 Å². The Morgan fingerprint density at radius 2 is 1.89 bits per heavy atom. The quantitative estimate of drug-likeness (QED) is 0.808. The second-order valence-electron chi connectivity index (χ2n) is 6.53. The van der Waals surface area contributed by atoms with Gasteiger partial charge in [0.25, 0.3) is 0 Å². The molecule has 0 aromatic rings. The Bertz CT molecular complexity index is 249. The molecule has 0 spiro atoms. The van der Waals surface area contributed by atoms with Crippen LogP contribution in [0.2, 0.25) is 0 Å². The summed E-state index contributed by atoms with van der Waals surface area (Å²) < 4.78 is 5.59. The highest BCUT2D eigenvalue weighted by molar-refractivity contribution is 7.99. The lowest BCUT2D eigenvalue weighted by atomic mass is 9.79. The van der Waals surface area contributed by atoms with Crippen molar-refractivity contribution >= 4 is 11.8 Å². The standard InChI is InChI=1S/C15H30N2OS/c1-14(2)11-16-12-15(3-7-18-8-4-15)13-17-5-9-19-10-6-17/h14,16H,3-13H2,1-2H3. The lowest BCUT2D eigenvalue weighted by Crippen LogP contribution is -2.49. The monoisotopic (exact) mass is 286 g/mol. The van der Waals surface area contributed by atoms with Crippen molar-refractivity contribution < 1.29 is 4.74 Å². The Labute approximate surface area is 122 Å². The molecule has 2 aliphatic heterocycles. The maximum Gasteiger partial charge on any atom is 0.0472 e. The van der Waals surface area contributed by atoms with Gasteiger partial charge in [-0.2, -0.15) is 11.8 Å². The van der Waals surface area contributed by atoms with Crippen LogP contribution in [0.15, 0.2) is 0 Å². The highest BCUT2D eigenvalue weighted by Crippen LogP contribution is 2.31.